The molecule has 5 N–H and O–H groups in total. The normalized spacial score (nSPS) is 12.1. The number of aromatic hydroxyl groups is 1. The van der Waals surface area contributed by atoms with Crippen molar-refractivity contribution in [3.63, 3.8) is 0 Å². The van der Waals surface area contributed by atoms with Crippen LogP contribution in [0.1, 0.15) is 22.4 Å². The number of nitrogens with two attached hydrogens (primary N) is 1. The zero-order valence-electron chi connectivity index (χ0n) is 10.4. The Morgan fingerprint density at radius 3 is 2.45 bits per heavy atom. The lowest BCUT2D eigenvalue weighted by atomic mass is 10.1. The summed E-state index contributed by atoms with van der Waals surface area (Å²) in [6.07, 6.45) is -1.23. The maximum absolute atomic E-state index is 11.2. The molecule has 2 rings (SSSR count). The Hall–Kier alpha value is -2.51. The highest BCUT2D eigenvalue weighted by Crippen LogP contribution is 2.22. The number of amides is 1. The van der Waals surface area contributed by atoms with Crippen LogP contribution in [0.5, 0.6) is 5.75 Å². The predicted molar refractivity (Wildman–Crippen MR) is 69.7 cm³/mol. The first kappa shape index (κ1) is 13.9. The fraction of sp³-hybridized carbons (Fsp3) is 0.154. The molecule has 0 radical (unpaired) electrons. The quantitative estimate of drug-likeness (QED) is 0.620. The summed E-state index contributed by atoms with van der Waals surface area (Å²) in [6.45, 7) is -0.537. The van der Waals surface area contributed by atoms with Gasteiger partial charge in [-0.3, -0.25) is 4.79 Å². The van der Waals surface area contributed by atoms with Gasteiger partial charge >= 0.3 is 0 Å². The van der Waals surface area contributed by atoms with Crippen molar-refractivity contribution in [1.29, 1.82) is 0 Å². The van der Waals surface area contributed by atoms with Gasteiger partial charge in [0.25, 0.3) is 5.91 Å². The van der Waals surface area contributed by atoms with Crippen LogP contribution in [0.3, 0.4) is 0 Å². The molecule has 1 atom stereocenters. The SMILES string of the molecule is NC(=O)c1nc(-c2ccc(O)cc2)cc(C(O)CO)n1. The fourth-order valence-corrected chi connectivity index (χ4v) is 1.62. The van der Waals surface area contributed by atoms with E-state index in [4.69, 9.17) is 10.8 Å². The van der Waals surface area contributed by atoms with E-state index in [0.29, 0.717) is 11.3 Å². The van der Waals surface area contributed by atoms with Gasteiger partial charge in [0.05, 0.1) is 18.0 Å². The Balaban J connectivity index is 2.54. The van der Waals surface area contributed by atoms with Crippen molar-refractivity contribution in [1.82, 2.24) is 9.97 Å². The molecule has 1 aromatic carbocycles. The minimum atomic E-state index is -1.23. The van der Waals surface area contributed by atoms with Gasteiger partial charge in [-0.05, 0) is 30.3 Å². The van der Waals surface area contributed by atoms with Crippen LogP contribution in [0.2, 0.25) is 0 Å². The average molecular weight is 275 g/mol. The van der Waals surface area contributed by atoms with Gasteiger partial charge in [0.2, 0.25) is 5.82 Å². The molecule has 1 heterocycles. The van der Waals surface area contributed by atoms with Crippen LogP contribution in [-0.4, -0.2) is 37.8 Å². The maximum atomic E-state index is 11.2. The second kappa shape index (κ2) is 5.64. The van der Waals surface area contributed by atoms with E-state index >= 15 is 0 Å². The van der Waals surface area contributed by atoms with Gasteiger partial charge in [0.15, 0.2) is 0 Å². The molecular formula is C13H13N3O4. The van der Waals surface area contributed by atoms with Gasteiger partial charge in [-0.1, -0.05) is 0 Å². The molecule has 7 nitrogen and oxygen atoms in total. The number of aromatic nitrogens is 2. The van der Waals surface area contributed by atoms with Crippen molar-refractivity contribution in [2.75, 3.05) is 6.61 Å². The lowest BCUT2D eigenvalue weighted by Crippen LogP contribution is -2.18. The number of hydrogen-bond acceptors (Lipinski definition) is 6. The molecule has 0 aliphatic carbocycles. The van der Waals surface area contributed by atoms with Crippen LogP contribution < -0.4 is 5.73 Å². The van der Waals surface area contributed by atoms with E-state index in [1.54, 1.807) is 12.1 Å². The summed E-state index contributed by atoms with van der Waals surface area (Å²) in [6, 6.07) is 7.56. The number of aliphatic hydroxyl groups is 2. The Morgan fingerprint density at radius 2 is 1.90 bits per heavy atom. The number of carbonyl (C=O) groups is 1. The van der Waals surface area contributed by atoms with Gasteiger partial charge in [0.1, 0.15) is 11.9 Å². The molecule has 1 amide bonds. The Bertz CT molecular complexity index is 628. The minimum absolute atomic E-state index is 0.0912. The van der Waals surface area contributed by atoms with E-state index in [1.807, 2.05) is 0 Å². The zero-order chi connectivity index (χ0) is 14.7. The number of rotatable bonds is 4. The Labute approximate surface area is 114 Å². The Kier molecular flexibility index (Phi) is 3.92. The number of phenols is 1. The molecule has 0 saturated heterocycles. The summed E-state index contributed by atoms with van der Waals surface area (Å²) in [5.41, 5.74) is 6.21. The number of hydrogen-bond donors (Lipinski definition) is 4. The summed E-state index contributed by atoms with van der Waals surface area (Å²) >= 11 is 0. The average Bonchev–Trinajstić information content (AvgIpc) is 2.46. The van der Waals surface area contributed by atoms with Crippen molar-refractivity contribution < 1.29 is 20.1 Å². The second-order valence-electron chi connectivity index (χ2n) is 4.11. The van der Waals surface area contributed by atoms with Gasteiger partial charge in [0, 0.05) is 5.56 Å². The lowest BCUT2D eigenvalue weighted by Gasteiger charge is -2.10. The predicted octanol–water partition coefficient (Wildman–Crippen LogP) is -0.0262. The smallest absolute Gasteiger partial charge is 0.286 e. The Morgan fingerprint density at radius 1 is 1.25 bits per heavy atom. The van der Waals surface area contributed by atoms with Crippen LogP contribution in [-0.2, 0) is 0 Å². The van der Waals surface area contributed by atoms with Crippen LogP contribution in [0.25, 0.3) is 11.3 Å². The molecule has 1 unspecified atom stereocenters. The van der Waals surface area contributed by atoms with Crippen LogP contribution in [0.4, 0.5) is 0 Å². The summed E-state index contributed by atoms with van der Waals surface area (Å²) in [5, 5.41) is 27.8. The van der Waals surface area contributed by atoms with Crippen molar-refractivity contribution in [2.24, 2.45) is 5.73 Å². The van der Waals surface area contributed by atoms with Crippen molar-refractivity contribution >= 4 is 5.91 Å². The molecule has 0 aliphatic rings. The summed E-state index contributed by atoms with van der Waals surface area (Å²) in [7, 11) is 0. The molecule has 0 saturated carbocycles. The molecule has 0 aliphatic heterocycles. The summed E-state index contributed by atoms with van der Waals surface area (Å²) in [5.74, 6) is -0.997. The monoisotopic (exact) mass is 275 g/mol. The fourth-order valence-electron chi connectivity index (χ4n) is 1.62. The maximum Gasteiger partial charge on any atom is 0.286 e. The van der Waals surface area contributed by atoms with Gasteiger partial charge in [-0.15, -0.1) is 0 Å². The topological polar surface area (TPSA) is 130 Å². The highest BCUT2D eigenvalue weighted by atomic mass is 16.3. The first-order chi connectivity index (χ1) is 9.51. The van der Waals surface area contributed by atoms with E-state index in [0.717, 1.165) is 0 Å². The number of aliphatic hydroxyl groups excluding tert-OH is 2. The number of primary amides is 1. The highest BCUT2D eigenvalue weighted by Gasteiger charge is 2.15. The number of benzene rings is 1. The third-order valence-electron chi connectivity index (χ3n) is 2.64. The van der Waals surface area contributed by atoms with Crippen LogP contribution >= 0.6 is 0 Å². The largest absolute Gasteiger partial charge is 0.508 e. The van der Waals surface area contributed by atoms with Gasteiger partial charge in [-0.25, -0.2) is 9.97 Å². The van der Waals surface area contributed by atoms with Crippen molar-refractivity contribution in [3.05, 3.63) is 41.9 Å². The first-order valence-electron chi connectivity index (χ1n) is 5.78. The first-order valence-corrected chi connectivity index (χ1v) is 5.78. The van der Waals surface area contributed by atoms with Gasteiger partial charge < -0.3 is 21.1 Å². The number of carbonyl (C=O) groups excluding carboxylic acids is 1. The lowest BCUT2D eigenvalue weighted by molar-refractivity contribution is 0.0909. The van der Waals surface area contributed by atoms with Crippen LogP contribution in [0.15, 0.2) is 30.3 Å². The van der Waals surface area contributed by atoms with Crippen molar-refractivity contribution in [2.45, 2.75) is 6.10 Å². The van der Waals surface area contributed by atoms with Crippen molar-refractivity contribution in [3.8, 4) is 17.0 Å². The third kappa shape index (κ3) is 2.90. The molecule has 2 aromatic rings. The van der Waals surface area contributed by atoms with E-state index in [2.05, 4.69) is 9.97 Å². The number of nitrogens with zero attached hydrogens (tertiary/aromatic N) is 2. The third-order valence-corrected chi connectivity index (χ3v) is 2.64. The highest BCUT2D eigenvalue weighted by molar-refractivity contribution is 5.89. The van der Waals surface area contributed by atoms with Gasteiger partial charge in [-0.2, -0.15) is 0 Å². The molecule has 0 spiro atoms. The van der Waals surface area contributed by atoms with E-state index in [1.165, 1.54) is 18.2 Å². The molecular weight excluding hydrogens is 262 g/mol. The van der Waals surface area contributed by atoms with E-state index < -0.39 is 18.6 Å². The summed E-state index contributed by atoms with van der Waals surface area (Å²) < 4.78 is 0. The molecule has 1 aromatic heterocycles. The summed E-state index contributed by atoms with van der Waals surface area (Å²) in [4.78, 5) is 19.0. The zero-order valence-corrected chi connectivity index (χ0v) is 10.4. The second-order valence-corrected chi connectivity index (χ2v) is 4.11. The molecule has 0 bridgehead atoms. The number of phenolic OH excluding ortho intramolecular Hbond substituents is 1. The minimum Gasteiger partial charge on any atom is -0.508 e. The van der Waals surface area contributed by atoms with Crippen LogP contribution in [0, 0.1) is 0 Å². The molecule has 104 valence electrons. The molecule has 7 heteroatoms. The molecule has 0 fully saturated rings. The standard InChI is InChI=1S/C13H13N3O4/c14-12(20)13-15-9(5-10(16-13)11(19)6-17)7-1-3-8(18)4-2-7/h1-5,11,17-19H,6H2,(H2,14,20). The van der Waals surface area contributed by atoms with E-state index in [-0.39, 0.29) is 17.3 Å². The van der Waals surface area contributed by atoms with E-state index in [9.17, 15) is 15.0 Å². The molecule has 20 heavy (non-hydrogen) atoms.